The number of para-hydroxylation sites is 1. The number of fused-ring (bicyclic) bond motifs is 1. The highest BCUT2D eigenvalue weighted by Gasteiger charge is 2.16. The molecule has 2 heterocycles. The molecule has 0 spiro atoms. The molecule has 0 atom stereocenters. The molecule has 0 unspecified atom stereocenters. The lowest BCUT2D eigenvalue weighted by Gasteiger charge is -2.16. The Morgan fingerprint density at radius 1 is 1.11 bits per heavy atom. The zero-order valence-electron chi connectivity index (χ0n) is 16.8. The number of carbonyl (C=O) groups is 1. The van der Waals surface area contributed by atoms with Gasteiger partial charge in [-0.1, -0.05) is 61.2 Å². The summed E-state index contributed by atoms with van der Waals surface area (Å²) in [6, 6.07) is 8.60. The quantitative estimate of drug-likeness (QED) is 0.547. The predicted molar refractivity (Wildman–Crippen MR) is 119 cm³/mol. The predicted octanol–water partition coefficient (Wildman–Crippen LogP) is 3.70. The van der Waals surface area contributed by atoms with Crippen molar-refractivity contribution in [1.29, 1.82) is 0 Å². The summed E-state index contributed by atoms with van der Waals surface area (Å²) in [5.41, 5.74) is 3.11. The van der Waals surface area contributed by atoms with E-state index in [9.17, 15) is 4.79 Å². The van der Waals surface area contributed by atoms with Gasteiger partial charge in [-0.15, -0.1) is 0 Å². The molecule has 144 valence electrons. The Kier molecular flexibility index (Phi) is 6.49. The number of rotatable bonds is 7. The Morgan fingerprint density at radius 2 is 1.93 bits per heavy atom. The van der Waals surface area contributed by atoms with Crippen LogP contribution in [-0.4, -0.2) is 28.8 Å². The molecule has 0 amide bonds. The summed E-state index contributed by atoms with van der Waals surface area (Å²) in [6.45, 7) is 10.5. The van der Waals surface area contributed by atoms with Gasteiger partial charge >= 0.3 is 0 Å². The minimum absolute atomic E-state index is 0.769. The van der Waals surface area contributed by atoms with Crippen molar-refractivity contribution in [1.82, 2.24) is 9.47 Å². The van der Waals surface area contributed by atoms with E-state index in [1.807, 2.05) is 24.4 Å². The first-order valence-corrected chi connectivity index (χ1v) is 9.83. The number of allylic oxidation sites excluding steroid dienone is 4. The molecule has 3 rings (SSSR count). The first-order chi connectivity index (χ1) is 13.7. The fourth-order valence-electron chi connectivity index (χ4n) is 3.92. The second kappa shape index (κ2) is 9.23. The van der Waals surface area contributed by atoms with Crippen LogP contribution in [0.1, 0.15) is 20.3 Å². The molecule has 1 aliphatic rings. The maximum absolute atomic E-state index is 11.4. The zero-order valence-corrected chi connectivity index (χ0v) is 16.8. The second-order valence-electron chi connectivity index (χ2n) is 6.88. The number of hydrogen-bond donors (Lipinski definition) is 0. The Morgan fingerprint density at radius 3 is 2.64 bits per heavy atom. The van der Waals surface area contributed by atoms with E-state index in [-0.39, 0.29) is 0 Å². The van der Waals surface area contributed by atoms with E-state index in [0.717, 1.165) is 43.5 Å². The lowest BCUT2D eigenvalue weighted by atomic mass is 10.1. The second-order valence-corrected chi connectivity index (χ2v) is 6.88. The fourth-order valence-corrected chi connectivity index (χ4v) is 3.92. The monoisotopic (exact) mass is 372 g/mol. The van der Waals surface area contributed by atoms with Crippen molar-refractivity contribution in [3.05, 3.63) is 83.1 Å². The SMILES string of the molecule is C=C/C=C\C=C1/CN(CCCn2c(=C/C)/c(=C\C)c3ccccc32)C=C1C=O. The number of carbonyl (C=O) groups excluding carboxylic acids is 1. The van der Waals surface area contributed by atoms with Gasteiger partial charge in [0.15, 0.2) is 6.29 Å². The van der Waals surface area contributed by atoms with Crippen LogP contribution in [0.4, 0.5) is 0 Å². The van der Waals surface area contributed by atoms with Crippen LogP contribution in [0.2, 0.25) is 0 Å². The van der Waals surface area contributed by atoms with Gasteiger partial charge in [-0.2, -0.15) is 0 Å². The van der Waals surface area contributed by atoms with E-state index in [2.05, 4.69) is 66.3 Å². The topological polar surface area (TPSA) is 25.2 Å². The van der Waals surface area contributed by atoms with Crippen LogP contribution in [0.3, 0.4) is 0 Å². The van der Waals surface area contributed by atoms with Gasteiger partial charge < -0.3 is 9.47 Å². The third kappa shape index (κ3) is 3.94. The van der Waals surface area contributed by atoms with Crippen LogP contribution in [0.15, 0.2) is 72.5 Å². The molecular formula is C25H28N2O. The van der Waals surface area contributed by atoms with E-state index in [1.54, 1.807) is 6.08 Å². The van der Waals surface area contributed by atoms with Gasteiger partial charge in [0.2, 0.25) is 0 Å². The maximum atomic E-state index is 11.4. The smallest absolute Gasteiger partial charge is 0.151 e. The van der Waals surface area contributed by atoms with Crippen LogP contribution in [0, 0.1) is 0 Å². The van der Waals surface area contributed by atoms with Crippen molar-refractivity contribution >= 4 is 29.3 Å². The summed E-state index contributed by atoms with van der Waals surface area (Å²) in [6.07, 6.45) is 15.9. The molecule has 2 aromatic rings. The average molecular weight is 373 g/mol. The van der Waals surface area contributed by atoms with E-state index < -0.39 is 0 Å². The highest BCUT2D eigenvalue weighted by Crippen LogP contribution is 2.19. The lowest BCUT2D eigenvalue weighted by Crippen LogP contribution is -2.29. The molecular weight excluding hydrogens is 344 g/mol. The molecule has 0 bridgehead atoms. The van der Waals surface area contributed by atoms with Gasteiger partial charge in [0, 0.05) is 52.9 Å². The zero-order chi connectivity index (χ0) is 19.9. The van der Waals surface area contributed by atoms with Crippen LogP contribution in [0.25, 0.3) is 23.1 Å². The van der Waals surface area contributed by atoms with Crippen molar-refractivity contribution in [2.24, 2.45) is 0 Å². The molecule has 1 aromatic carbocycles. The molecule has 0 radical (unpaired) electrons. The average Bonchev–Trinajstić information content (AvgIpc) is 3.26. The first kappa shape index (κ1) is 19.7. The fraction of sp³-hybridized carbons (Fsp3) is 0.240. The molecule has 0 fully saturated rings. The van der Waals surface area contributed by atoms with Crippen LogP contribution < -0.4 is 10.6 Å². The maximum Gasteiger partial charge on any atom is 0.151 e. The number of hydrogen-bond acceptors (Lipinski definition) is 2. The summed E-state index contributed by atoms with van der Waals surface area (Å²) in [5, 5.41) is 3.90. The Hall–Kier alpha value is -3.07. The number of aryl methyl sites for hydroxylation is 1. The molecule has 0 saturated heterocycles. The van der Waals surface area contributed by atoms with Crippen molar-refractivity contribution in [3.63, 3.8) is 0 Å². The largest absolute Gasteiger partial charge is 0.372 e. The summed E-state index contributed by atoms with van der Waals surface area (Å²) < 4.78 is 2.41. The van der Waals surface area contributed by atoms with E-state index >= 15 is 0 Å². The summed E-state index contributed by atoms with van der Waals surface area (Å²) in [7, 11) is 0. The van der Waals surface area contributed by atoms with E-state index in [0.29, 0.717) is 0 Å². The molecule has 1 aromatic heterocycles. The van der Waals surface area contributed by atoms with Crippen molar-refractivity contribution in [3.8, 4) is 0 Å². The van der Waals surface area contributed by atoms with Gasteiger partial charge in [0.1, 0.15) is 0 Å². The molecule has 3 nitrogen and oxygen atoms in total. The van der Waals surface area contributed by atoms with Crippen molar-refractivity contribution < 1.29 is 4.79 Å². The van der Waals surface area contributed by atoms with Gasteiger partial charge in [-0.3, -0.25) is 4.79 Å². The van der Waals surface area contributed by atoms with Crippen LogP contribution in [0.5, 0.6) is 0 Å². The molecule has 3 heteroatoms. The Bertz CT molecular complexity index is 1080. The van der Waals surface area contributed by atoms with Gasteiger partial charge in [-0.25, -0.2) is 0 Å². The minimum atomic E-state index is 0.769. The Balaban J connectivity index is 1.76. The first-order valence-electron chi connectivity index (χ1n) is 9.83. The summed E-state index contributed by atoms with van der Waals surface area (Å²) in [5.74, 6) is 0. The van der Waals surface area contributed by atoms with E-state index in [1.165, 1.54) is 21.5 Å². The third-order valence-corrected chi connectivity index (χ3v) is 5.18. The standard InChI is InChI=1S/C25H28N2O/c1-4-7-8-12-20-17-26(18-21(20)19-28)15-11-16-27-24(6-3)22(5-2)23-13-9-10-14-25(23)27/h4-10,12-14,18-19H,1,11,15-17H2,2-3H3/b8-7-,20-12+,22-5-,24-6+. The molecule has 28 heavy (non-hydrogen) atoms. The minimum Gasteiger partial charge on any atom is -0.372 e. The highest BCUT2D eigenvalue weighted by atomic mass is 16.1. The number of nitrogens with zero attached hydrogens (tertiary/aromatic N) is 2. The lowest BCUT2D eigenvalue weighted by molar-refractivity contribution is -0.104. The summed E-state index contributed by atoms with van der Waals surface area (Å²) >= 11 is 0. The number of benzene rings is 1. The Labute approximate surface area is 167 Å². The van der Waals surface area contributed by atoms with Crippen LogP contribution >= 0.6 is 0 Å². The third-order valence-electron chi connectivity index (χ3n) is 5.18. The molecule has 1 aliphatic heterocycles. The number of aldehydes is 1. The molecule has 0 saturated carbocycles. The van der Waals surface area contributed by atoms with Gasteiger partial charge in [0.05, 0.1) is 0 Å². The highest BCUT2D eigenvalue weighted by molar-refractivity contribution is 5.82. The van der Waals surface area contributed by atoms with Crippen molar-refractivity contribution in [2.45, 2.75) is 26.8 Å². The van der Waals surface area contributed by atoms with Gasteiger partial charge in [-0.05, 0) is 31.9 Å². The molecule has 0 aliphatic carbocycles. The summed E-state index contributed by atoms with van der Waals surface area (Å²) in [4.78, 5) is 13.6. The van der Waals surface area contributed by atoms with E-state index in [4.69, 9.17) is 0 Å². The molecule has 0 N–H and O–H groups in total. The number of aromatic nitrogens is 1. The van der Waals surface area contributed by atoms with Crippen LogP contribution in [-0.2, 0) is 11.3 Å². The van der Waals surface area contributed by atoms with Gasteiger partial charge in [0.25, 0.3) is 0 Å². The normalized spacial score (nSPS) is 17.3. The van der Waals surface area contributed by atoms with Crippen molar-refractivity contribution in [2.75, 3.05) is 13.1 Å².